The molecule has 0 aromatic rings. The lowest BCUT2D eigenvalue weighted by atomic mass is 10.1. The van der Waals surface area contributed by atoms with Gasteiger partial charge in [0.2, 0.25) is 5.91 Å². The van der Waals surface area contributed by atoms with Crippen molar-refractivity contribution in [2.75, 3.05) is 13.1 Å². The highest BCUT2D eigenvalue weighted by molar-refractivity contribution is 5.83. The molecular weight excluding hydrogens is 190 g/mol. The molecule has 0 bridgehead atoms. The Morgan fingerprint density at radius 2 is 1.87 bits per heavy atom. The van der Waals surface area contributed by atoms with Gasteiger partial charge in [-0.15, -0.1) is 0 Å². The summed E-state index contributed by atoms with van der Waals surface area (Å²) < 4.78 is 0. The third-order valence-electron chi connectivity index (χ3n) is 2.92. The first-order chi connectivity index (χ1) is 7.24. The number of hydrogen-bond donors (Lipinski definition) is 0. The lowest BCUT2D eigenvalue weighted by molar-refractivity contribution is -0.134. The van der Waals surface area contributed by atoms with E-state index in [-0.39, 0.29) is 5.91 Å². The minimum Gasteiger partial charge on any atom is -0.342 e. The first kappa shape index (κ1) is 12.2. The summed E-state index contributed by atoms with van der Waals surface area (Å²) in [7, 11) is 0. The van der Waals surface area contributed by atoms with Crippen molar-refractivity contribution < 1.29 is 9.59 Å². The fourth-order valence-corrected chi connectivity index (χ4v) is 1.87. The summed E-state index contributed by atoms with van der Waals surface area (Å²) in [5.74, 6) is 0.531. The lowest BCUT2D eigenvalue weighted by Crippen LogP contribution is -2.38. The van der Waals surface area contributed by atoms with E-state index >= 15 is 0 Å². The highest BCUT2D eigenvalue weighted by atomic mass is 16.2. The molecule has 0 N–H and O–H groups in total. The Morgan fingerprint density at radius 3 is 2.47 bits per heavy atom. The van der Waals surface area contributed by atoms with Crippen molar-refractivity contribution in [3.8, 4) is 0 Å². The Balaban J connectivity index is 2.14. The fourth-order valence-electron chi connectivity index (χ4n) is 1.87. The van der Waals surface area contributed by atoms with E-state index in [1.807, 2.05) is 4.90 Å². The van der Waals surface area contributed by atoms with E-state index in [0.29, 0.717) is 38.1 Å². The number of piperidine rings is 1. The van der Waals surface area contributed by atoms with Crippen LogP contribution in [0.1, 0.15) is 51.9 Å². The van der Waals surface area contributed by atoms with Crippen LogP contribution in [0.4, 0.5) is 0 Å². The maximum Gasteiger partial charge on any atom is 0.222 e. The van der Waals surface area contributed by atoms with Gasteiger partial charge in [-0.05, 0) is 6.42 Å². The Morgan fingerprint density at radius 1 is 1.20 bits per heavy atom. The van der Waals surface area contributed by atoms with Gasteiger partial charge in [0, 0.05) is 32.4 Å². The van der Waals surface area contributed by atoms with E-state index in [9.17, 15) is 9.59 Å². The number of unbranched alkanes of at least 4 members (excludes halogenated alkanes) is 3. The van der Waals surface area contributed by atoms with E-state index in [2.05, 4.69) is 6.92 Å². The predicted octanol–water partition coefficient (Wildman–Crippen LogP) is 2.15. The molecule has 1 aliphatic rings. The van der Waals surface area contributed by atoms with Crippen molar-refractivity contribution in [3.63, 3.8) is 0 Å². The van der Waals surface area contributed by atoms with Gasteiger partial charge in [0.25, 0.3) is 0 Å². The topological polar surface area (TPSA) is 37.4 Å². The van der Waals surface area contributed by atoms with Crippen LogP contribution in [0.3, 0.4) is 0 Å². The normalized spacial score (nSPS) is 16.9. The maximum atomic E-state index is 11.7. The second kappa shape index (κ2) is 6.59. The third kappa shape index (κ3) is 4.45. The highest BCUT2D eigenvalue weighted by Crippen LogP contribution is 2.10. The average Bonchev–Trinajstić information content (AvgIpc) is 2.25. The van der Waals surface area contributed by atoms with Crippen molar-refractivity contribution in [3.05, 3.63) is 0 Å². The summed E-state index contributed by atoms with van der Waals surface area (Å²) in [5, 5.41) is 0. The molecule has 1 saturated heterocycles. The van der Waals surface area contributed by atoms with Gasteiger partial charge in [0.05, 0.1) is 0 Å². The molecule has 0 aromatic heterocycles. The van der Waals surface area contributed by atoms with Crippen LogP contribution in [0.15, 0.2) is 0 Å². The highest BCUT2D eigenvalue weighted by Gasteiger charge is 2.19. The number of rotatable bonds is 5. The SMILES string of the molecule is CCCCCCC(=O)N1CCC(=O)CC1. The lowest BCUT2D eigenvalue weighted by Gasteiger charge is -2.26. The standard InChI is InChI=1S/C12H21NO2/c1-2-3-4-5-6-12(15)13-9-7-11(14)8-10-13/h2-10H2,1H3. The number of likely N-dealkylation sites (tertiary alicyclic amines) is 1. The Kier molecular flexibility index (Phi) is 5.37. The molecule has 3 nitrogen and oxygen atoms in total. The van der Waals surface area contributed by atoms with Gasteiger partial charge in [-0.1, -0.05) is 26.2 Å². The molecule has 0 aliphatic carbocycles. The van der Waals surface area contributed by atoms with Crippen LogP contribution in [-0.2, 0) is 9.59 Å². The molecule has 1 fully saturated rings. The monoisotopic (exact) mass is 211 g/mol. The molecule has 0 radical (unpaired) electrons. The van der Waals surface area contributed by atoms with Crippen LogP contribution in [-0.4, -0.2) is 29.7 Å². The Bertz CT molecular complexity index is 216. The Labute approximate surface area is 91.8 Å². The van der Waals surface area contributed by atoms with Crippen molar-refractivity contribution in [1.82, 2.24) is 4.90 Å². The first-order valence-corrected chi connectivity index (χ1v) is 6.03. The van der Waals surface area contributed by atoms with E-state index < -0.39 is 0 Å². The zero-order chi connectivity index (χ0) is 11.1. The van der Waals surface area contributed by atoms with Crippen molar-refractivity contribution >= 4 is 11.7 Å². The minimum absolute atomic E-state index is 0.235. The van der Waals surface area contributed by atoms with Crippen LogP contribution >= 0.6 is 0 Å². The summed E-state index contributed by atoms with van der Waals surface area (Å²) >= 11 is 0. The van der Waals surface area contributed by atoms with E-state index in [1.165, 1.54) is 12.8 Å². The van der Waals surface area contributed by atoms with Gasteiger partial charge in [0.15, 0.2) is 0 Å². The molecule has 86 valence electrons. The number of ketones is 1. The molecule has 0 aromatic carbocycles. The van der Waals surface area contributed by atoms with Gasteiger partial charge in [-0.2, -0.15) is 0 Å². The largest absolute Gasteiger partial charge is 0.342 e. The molecule has 0 atom stereocenters. The van der Waals surface area contributed by atoms with Gasteiger partial charge >= 0.3 is 0 Å². The number of hydrogen-bond acceptors (Lipinski definition) is 2. The van der Waals surface area contributed by atoms with Crippen LogP contribution in [0.25, 0.3) is 0 Å². The fraction of sp³-hybridized carbons (Fsp3) is 0.833. The zero-order valence-corrected chi connectivity index (χ0v) is 9.63. The second-order valence-corrected chi connectivity index (χ2v) is 4.23. The minimum atomic E-state index is 0.235. The van der Waals surface area contributed by atoms with Gasteiger partial charge < -0.3 is 4.90 Å². The number of amides is 1. The summed E-state index contributed by atoms with van der Waals surface area (Å²) in [5.41, 5.74) is 0. The van der Waals surface area contributed by atoms with Gasteiger partial charge in [-0.25, -0.2) is 0 Å². The van der Waals surface area contributed by atoms with Crippen molar-refractivity contribution in [2.24, 2.45) is 0 Å². The van der Waals surface area contributed by atoms with Crippen LogP contribution in [0.2, 0.25) is 0 Å². The maximum absolute atomic E-state index is 11.7. The van der Waals surface area contributed by atoms with E-state index in [1.54, 1.807) is 0 Å². The van der Waals surface area contributed by atoms with Crippen molar-refractivity contribution in [2.45, 2.75) is 51.9 Å². The summed E-state index contributed by atoms with van der Waals surface area (Å²) in [6, 6.07) is 0. The molecule has 0 spiro atoms. The molecule has 1 rings (SSSR count). The number of carbonyl (C=O) groups excluding carboxylic acids is 2. The molecule has 1 heterocycles. The molecule has 3 heteroatoms. The van der Waals surface area contributed by atoms with Crippen LogP contribution in [0, 0.1) is 0 Å². The second-order valence-electron chi connectivity index (χ2n) is 4.23. The third-order valence-corrected chi connectivity index (χ3v) is 2.92. The zero-order valence-electron chi connectivity index (χ0n) is 9.63. The van der Waals surface area contributed by atoms with E-state index in [4.69, 9.17) is 0 Å². The van der Waals surface area contributed by atoms with Gasteiger partial charge in [0.1, 0.15) is 5.78 Å². The summed E-state index contributed by atoms with van der Waals surface area (Å²) in [6.07, 6.45) is 6.33. The number of Topliss-reactive ketones (excluding diaryl/α,β-unsaturated/α-hetero) is 1. The smallest absolute Gasteiger partial charge is 0.222 e. The molecule has 1 aliphatic heterocycles. The Hall–Kier alpha value is -0.860. The molecular formula is C12H21NO2. The quantitative estimate of drug-likeness (QED) is 0.653. The first-order valence-electron chi connectivity index (χ1n) is 6.03. The van der Waals surface area contributed by atoms with Crippen molar-refractivity contribution in [1.29, 1.82) is 0 Å². The number of carbonyl (C=O) groups is 2. The van der Waals surface area contributed by atoms with Crippen LogP contribution < -0.4 is 0 Å². The van der Waals surface area contributed by atoms with E-state index in [0.717, 1.165) is 12.8 Å². The van der Waals surface area contributed by atoms with Crippen LogP contribution in [0.5, 0.6) is 0 Å². The molecule has 0 unspecified atom stereocenters. The predicted molar refractivity (Wildman–Crippen MR) is 59.6 cm³/mol. The molecule has 1 amide bonds. The van der Waals surface area contributed by atoms with Gasteiger partial charge in [-0.3, -0.25) is 9.59 Å². The average molecular weight is 211 g/mol. The number of nitrogens with zero attached hydrogens (tertiary/aromatic N) is 1. The molecule has 15 heavy (non-hydrogen) atoms. The summed E-state index contributed by atoms with van der Waals surface area (Å²) in [4.78, 5) is 24.5. The molecule has 0 saturated carbocycles. The summed E-state index contributed by atoms with van der Waals surface area (Å²) in [6.45, 7) is 3.45.